The average molecular weight is 281 g/mol. The number of aryl methyl sites for hydroxylation is 1. The normalized spacial score (nSPS) is 10.9. The Morgan fingerprint density at radius 3 is 1.84 bits per heavy atom. The van der Waals surface area contributed by atoms with Crippen LogP contribution in [0.15, 0.2) is 12.1 Å². The van der Waals surface area contributed by atoms with E-state index in [2.05, 4.69) is 32.9 Å². The summed E-state index contributed by atoms with van der Waals surface area (Å²) in [5, 5.41) is 0.986. The van der Waals surface area contributed by atoms with E-state index in [4.69, 9.17) is 11.6 Å². The van der Waals surface area contributed by atoms with Crippen molar-refractivity contribution in [2.45, 2.75) is 78.6 Å². The fourth-order valence-electron chi connectivity index (χ4n) is 2.60. The number of hydrogen-bond acceptors (Lipinski definition) is 0. The van der Waals surface area contributed by atoms with Crippen LogP contribution in [0.5, 0.6) is 0 Å². The lowest BCUT2D eigenvalue weighted by Gasteiger charge is -2.16. The van der Waals surface area contributed by atoms with Crippen molar-refractivity contribution in [2.24, 2.45) is 0 Å². The summed E-state index contributed by atoms with van der Waals surface area (Å²) in [6.07, 6.45) is 11.1. The van der Waals surface area contributed by atoms with Crippen LogP contribution in [0.2, 0.25) is 5.02 Å². The molecule has 0 saturated heterocycles. The zero-order valence-corrected chi connectivity index (χ0v) is 13.7. The van der Waals surface area contributed by atoms with Crippen LogP contribution in [0.1, 0.15) is 76.0 Å². The molecule has 1 aromatic rings. The molecule has 0 spiro atoms. The minimum Gasteiger partial charge on any atom is -0.0840 e. The molecule has 1 heteroatoms. The van der Waals surface area contributed by atoms with Gasteiger partial charge in [-0.2, -0.15) is 0 Å². The number of hydrogen-bond donors (Lipinski definition) is 0. The zero-order chi connectivity index (χ0) is 14.1. The number of unbranched alkanes of at least 4 members (excludes halogenated alkanes) is 3. The molecule has 1 aromatic carbocycles. The minimum absolute atomic E-state index is 0.986. The van der Waals surface area contributed by atoms with Gasteiger partial charge in [0.05, 0.1) is 0 Å². The van der Waals surface area contributed by atoms with Gasteiger partial charge in [-0.05, 0) is 61.3 Å². The fourth-order valence-corrected chi connectivity index (χ4v) is 2.87. The minimum atomic E-state index is 0.986. The van der Waals surface area contributed by atoms with E-state index in [1.54, 1.807) is 11.1 Å². The summed E-state index contributed by atoms with van der Waals surface area (Å²) in [5.41, 5.74) is 4.55. The van der Waals surface area contributed by atoms with Crippen LogP contribution >= 0.6 is 11.6 Å². The third kappa shape index (κ3) is 5.18. The molecule has 0 aliphatic rings. The molecule has 19 heavy (non-hydrogen) atoms. The lowest BCUT2D eigenvalue weighted by Crippen LogP contribution is -2.02. The highest BCUT2D eigenvalue weighted by atomic mass is 35.5. The second-order valence-corrected chi connectivity index (χ2v) is 5.88. The summed E-state index contributed by atoms with van der Waals surface area (Å²) in [6, 6.07) is 4.38. The van der Waals surface area contributed by atoms with Crippen LogP contribution in [0, 0.1) is 0 Å². The van der Waals surface area contributed by atoms with E-state index in [0.717, 1.165) is 11.4 Å². The maximum atomic E-state index is 6.45. The van der Waals surface area contributed by atoms with Crippen molar-refractivity contribution < 1.29 is 0 Å². The van der Waals surface area contributed by atoms with Gasteiger partial charge in [-0.1, -0.05) is 57.7 Å². The Morgan fingerprint density at radius 2 is 1.26 bits per heavy atom. The molecule has 1 rings (SSSR count). The lowest BCUT2D eigenvalue weighted by atomic mass is 9.91. The molecule has 0 unspecified atom stereocenters. The third-order valence-corrected chi connectivity index (χ3v) is 4.19. The van der Waals surface area contributed by atoms with E-state index >= 15 is 0 Å². The van der Waals surface area contributed by atoms with Crippen LogP contribution in [0.3, 0.4) is 0 Å². The Kier molecular flexibility index (Phi) is 8.21. The highest BCUT2D eigenvalue weighted by molar-refractivity contribution is 6.31. The zero-order valence-electron chi connectivity index (χ0n) is 12.9. The first-order chi connectivity index (χ1) is 9.24. The Hall–Kier alpha value is -0.490. The molecular weight excluding hydrogens is 252 g/mol. The maximum Gasteiger partial charge on any atom is 0.0440 e. The maximum absolute atomic E-state index is 6.45. The van der Waals surface area contributed by atoms with Crippen LogP contribution in [0.4, 0.5) is 0 Å². The van der Waals surface area contributed by atoms with E-state index in [1.165, 1.54) is 56.9 Å². The molecule has 0 nitrogen and oxygen atoms in total. The van der Waals surface area contributed by atoms with Crippen LogP contribution in [-0.4, -0.2) is 0 Å². The molecule has 0 fully saturated rings. The van der Waals surface area contributed by atoms with Gasteiger partial charge in [0.2, 0.25) is 0 Å². The highest BCUT2D eigenvalue weighted by Gasteiger charge is 2.11. The van der Waals surface area contributed by atoms with Crippen molar-refractivity contribution in [1.29, 1.82) is 0 Å². The molecule has 0 N–H and O–H groups in total. The first-order valence-electron chi connectivity index (χ1n) is 8.03. The van der Waals surface area contributed by atoms with Gasteiger partial charge in [0.1, 0.15) is 0 Å². The highest BCUT2D eigenvalue weighted by Crippen LogP contribution is 2.28. The summed E-state index contributed by atoms with van der Waals surface area (Å²) in [5.74, 6) is 0. The van der Waals surface area contributed by atoms with Crippen molar-refractivity contribution in [3.05, 3.63) is 33.8 Å². The fraction of sp³-hybridized carbons (Fsp3) is 0.667. The van der Waals surface area contributed by atoms with Gasteiger partial charge in [0, 0.05) is 5.02 Å². The monoisotopic (exact) mass is 280 g/mol. The summed E-state index contributed by atoms with van der Waals surface area (Å²) < 4.78 is 0. The smallest absolute Gasteiger partial charge is 0.0440 e. The first kappa shape index (κ1) is 16.6. The Balaban J connectivity index is 3.00. The summed E-state index contributed by atoms with van der Waals surface area (Å²) >= 11 is 6.45. The molecule has 0 heterocycles. The van der Waals surface area contributed by atoms with Crippen LogP contribution in [-0.2, 0) is 19.3 Å². The molecule has 0 aliphatic carbocycles. The molecule has 0 radical (unpaired) electrons. The average Bonchev–Trinajstić information content (AvgIpc) is 2.42. The SMILES string of the molecule is CCCCc1ccc(Cl)c(CCCC)c1CCCC. The summed E-state index contributed by atoms with van der Waals surface area (Å²) in [7, 11) is 0. The third-order valence-electron chi connectivity index (χ3n) is 3.83. The lowest BCUT2D eigenvalue weighted by molar-refractivity contribution is 0.735. The Morgan fingerprint density at radius 1 is 0.737 bits per heavy atom. The molecule has 108 valence electrons. The predicted octanol–water partition coefficient (Wildman–Crippen LogP) is 6.37. The van der Waals surface area contributed by atoms with Crippen molar-refractivity contribution in [1.82, 2.24) is 0 Å². The molecule has 0 saturated carbocycles. The standard InChI is InChI=1S/C18H29Cl/c1-4-7-10-15-13-14-18(19)17(12-9-6-3)16(15)11-8-5-2/h13-14H,4-12H2,1-3H3. The van der Waals surface area contributed by atoms with Gasteiger partial charge in [-0.3, -0.25) is 0 Å². The molecular formula is C18H29Cl. The van der Waals surface area contributed by atoms with Gasteiger partial charge in [0.25, 0.3) is 0 Å². The van der Waals surface area contributed by atoms with Crippen LogP contribution < -0.4 is 0 Å². The summed E-state index contributed by atoms with van der Waals surface area (Å²) in [6.45, 7) is 6.78. The van der Waals surface area contributed by atoms with Gasteiger partial charge in [-0.15, -0.1) is 0 Å². The van der Waals surface area contributed by atoms with Crippen LogP contribution in [0.25, 0.3) is 0 Å². The molecule has 0 bridgehead atoms. The largest absolute Gasteiger partial charge is 0.0840 e. The van der Waals surface area contributed by atoms with Crippen molar-refractivity contribution >= 4 is 11.6 Å². The Bertz CT molecular complexity index is 368. The molecule has 0 atom stereocenters. The Labute approximate surface area is 124 Å². The van der Waals surface area contributed by atoms with E-state index in [9.17, 15) is 0 Å². The topological polar surface area (TPSA) is 0 Å². The van der Waals surface area contributed by atoms with Crippen molar-refractivity contribution in [3.63, 3.8) is 0 Å². The first-order valence-corrected chi connectivity index (χ1v) is 8.41. The van der Waals surface area contributed by atoms with E-state index in [-0.39, 0.29) is 0 Å². The second kappa shape index (κ2) is 9.42. The van der Waals surface area contributed by atoms with Crippen molar-refractivity contribution in [2.75, 3.05) is 0 Å². The molecule has 0 aromatic heterocycles. The molecule has 0 aliphatic heterocycles. The van der Waals surface area contributed by atoms with Crippen molar-refractivity contribution in [3.8, 4) is 0 Å². The van der Waals surface area contributed by atoms with E-state index in [0.29, 0.717) is 0 Å². The predicted molar refractivity (Wildman–Crippen MR) is 87.3 cm³/mol. The van der Waals surface area contributed by atoms with Gasteiger partial charge in [-0.25, -0.2) is 0 Å². The summed E-state index contributed by atoms with van der Waals surface area (Å²) in [4.78, 5) is 0. The van der Waals surface area contributed by atoms with Gasteiger partial charge < -0.3 is 0 Å². The van der Waals surface area contributed by atoms with E-state index in [1.807, 2.05) is 0 Å². The number of halogens is 1. The molecule has 0 amide bonds. The number of benzene rings is 1. The van der Waals surface area contributed by atoms with Gasteiger partial charge >= 0.3 is 0 Å². The van der Waals surface area contributed by atoms with E-state index < -0.39 is 0 Å². The second-order valence-electron chi connectivity index (χ2n) is 5.47. The quantitative estimate of drug-likeness (QED) is 0.493. The van der Waals surface area contributed by atoms with Gasteiger partial charge in [0.15, 0.2) is 0 Å². The number of rotatable bonds is 9.